The second kappa shape index (κ2) is 5.21. The van der Waals surface area contributed by atoms with Crippen LogP contribution in [0, 0.1) is 5.92 Å². The van der Waals surface area contributed by atoms with Crippen molar-refractivity contribution in [3.8, 4) is 5.75 Å². The molecule has 16 heavy (non-hydrogen) atoms. The average Bonchev–Trinajstić information content (AvgIpc) is 2.30. The van der Waals surface area contributed by atoms with E-state index in [1.165, 1.54) is 12.8 Å². The predicted octanol–water partition coefficient (Wildman–Crippen LogP) is 2.04. The molecular weight excluding hydrogens is 200 g/mol. The zero-order chi connectivity index (χ0) is 11.4. The lowest BCUT2D eigenvalue weighted by atomic mass is 9.93. The van der Waals surface area contributed by atoms with Crippen molar-refractivity contribution >= 4 is 5.69 Å². The molecule has 0 aliphatic carbocycles. The maximum absolute atomic E-state index is 5.93. The maximum atomic E-state index is 5.93. The molecule has 1 aromatic carbocycles. The van der Waals surface area contributed by atoms with E-state index in [1.54, 1.807) is 0 Å². The number of hydrogen-bond acceptors (Lipinski definition) is 3. The summed E-state index contributed by atoms with van der Waals surface area (Å²) in [6, 6.07) is 7.66. The van der Waals surface area contributed by atoms with Gasteiger partial charge in [-0.05, 0) is 50.9 Å². The van der Waals surface area contributed by atoms with E-state index in [0.29, 0.717) is 5.92 Å². The third-order valence-electron chi connectivity index (χ3n) is 3.23. The largest absolute Gasteiger partial charge is 0.490 e. The van der Waals surface area contributed by atoms with E-state index in [9.17, 15) is 0 Å². The molecule has 1 saturated heterocycles. The second-order valence-corrected chi connectivity index (χ2v) is 4.48. The van der Waals surface area contributed by atoms with Crippen LogP contribution in [0.4, 0.5) is 5.69 Å². The average molecular weight is 220 g/mol. The van der Waals surface area contributed by atoms with Crippen molar-refractivity contribution in [3.05, 3.63) is 24.3 Å². The minimum Gasteiger partial charge on any atom is -0.490 e. The van der Waals surface area contributed by atoms with Crippen LogP contribution in [0.25, 0.3) is 0 Å². The van der Waals surface area contributed by atoms with Gasteiger partial charge in [0.1, 0.15) is 5.75 Å². The fraction of sp³-hybridized carbons (Fsp3) is 0.538. The van der Waals surface area contributed by atoms with Crippen LogP contribution >= 0.6 is 0 Å². The highest BCUT2D eigenvalue weighted by molar-refractivity contribution is 5.43. The molecule has 0 saturated carbocycles. The molecule has 1 heterocycles. The summed E-state index contributed by atoms with van der Waals surface area (Å²) in [5.74, 6) is 1.54. The van der Waals surface area contributed by atoms with Crippen molar-refractivity contribution in [2.75, 3.05) is 18.8 Å². The normalized spacial score (nSPS) is 19.3. The lowest BCUT2D eigenvalue weighted by Gasteiger charge is -2.28. The predicted molar refractivity (Wildman–Crippen MR) is 66.5 cm³/mol. The quantitative estimate of drug-likeness (QED) is 0.766. The number of benzene rings is 1. The first-order valence-electron chi connectivity index (χ1n) is 5.98. The van der Waals surface area contributed by atoms with Crippen LogP contribution in [0.15, 0.2) is 24.3 Å². The van der Waals surface area contributed by atoms with Crippen LogP contribution < -0.4 is 15.8 Å². The number of ether oxygens (including phenoxy) is 1. The standard InChI is InChI=1S/C13H20N2O/c1-10(11-5-7-15-8-6-11)16-13-4-2-3-12(14)9-13/h2-4,9-11,15H,5-8,14H2,1H3. The lowest BCUT2D eigenvalue weighted by Crippen LogP contribution is -2.35. The third kappa shape index (κ3) is 2.89. The van der Waals surface area contributed by atoms with E-state index in [0.717, 1.165) is 24.5 Å². The first-order valence-corrected chi connectivity index (χ1v) is 5.98. The fourth-order valence-corrected chi connectivity index (χ4v) is 2.21. The van der Waals surface area contributed by atoms with Crippen molar-refractivity contribution in [2.45, 2.75) is 25.9 Å². The molecule has 0 spiro atoms. The Bertz CT molecular complexity index is 334. The van der Waals surface area contributed by atoms with E-state index in [2.05, 4.69) is 12.2 Å². The van der Waals surface area contributed by atoms with E-state index < -0.39 is 0 Å². The van der Waals surface area contributed by atoms with Gasteiger partial charge < -0.3 is 15.8 Å². The summed E-state index contributed by atoms with van der Waals surface area (Å²) < 4.78 is 5.93. The molecule has 2 rings (SSSR count). The molecule has 1 aliphatic rings. The molecule has 1 aromatic rings. The summed E-state index contributed by atoms with van der Waals surface area (Å²) in [5.41, 5.74) is 6.48. The minimum absolute atomic E-state index is 0.267. The van der Waals surface area contributed by atoms with Crippen molar-refractivity contribution in [2.24, 2.45) is 5.92 Å². The van der Waals surface area contributed by atoms with Crippen LogP contribution in [0.1, 0.15) is 19.8 Å². The Balaban J connectivity index is 1.93. The third-order valence-corrected chi connectivity index (χ3v) is 3.23. The number of rotatable bonds is 3. The SMILES string of the molecule is CC(Oc1cccc(N)c1)C1CCNCC1. The zero-order valence-electron chi connectivity index (χ0n) is 9.78. The van der Waals surface area contributed by atoms with E-state index in [1.807, 2.05) is 24.3 Å². The van der Waals surface area contributed by atoms with Gasteiger partial charge in [-0.3, -0.25) is 0 Å². The highest BCUT2D eigenvalue weighted by atomic mass is 16.5. The van der Waals surface area contributed by atoms with Gasteiger partial charge in [0.15, 0.2) is 0 Å². The number of nitrogens with one attached hydrogen (secondary N) is 1. The van der Waals surface area contributed by atoms with Gasteiger partial charge in [0, 0.05) is 11.8 Å². The van der Waals surface area contributed by atoms with Crippen molar-refractivity contribution < 1.29 is 4.74 Å². The van der Waals surface area contributed by atoms with E-state index in [-0.39, 0.29) is 6.10 Å². The van der Waals surface area contributed by atoms with Crippen LogP contribution in [0.2, 0.25) is 0 Å². The molecule has 3 N–H and O–H groups in total. The van der Waals surface area contributed by atoms with Gasteiger partial charge in [-0.1, -0.05) is 6.07 Å². The van der Waals surface area contributed by atoms with E-state index in [4.69, 9.17) is 10.5 Å². The first kappa shape index (κ1) is 11.3. The Morgan fingerprint density at radius 2 is 2.12 bits per heavy atom. The van der Waals surface area contributed by atoms with Gasteiger partial charge >= 0.3 is 0 Å². The van der Waals surface area contributed by atoms with Crippen molar-refractivity contribution in [3.63, 3.8) is 0 Å². The zero-order valence-corrected chi connectivity index (χ0v) is 9.78. The molecule has 1 fully saturated rings. The Hall–Kier alpha value is -1.22. The Labute approximate surface area is 97.0 Å². The number of nitrogens with two attached hydrogens (primary N) is 1. The molecular formula is C13H20N2O. The van der Waals surface area contributed by atoms with Gasteiger partial charge in [0.25, 0.3) is 0 Å². The summed E-state index contributed by atoms with van der Waals surface area (Å²) in [7, 11) is 0. The van der Waals surface area contributed by atoms with Crippen LogP contribution in [-0.4, -0.2) is 19.2 Å². The second-order valence-electron chi connectivity index (χ2n) is 4.48. The number of anilines is 1. The molecule has 88 valence electrons. The maximum Gasteiger partial charge on any atom is 0.121 e. The molecule has 1 unspecified atom stereocenters. The lowest BCUT2D eigenvalue weighted by molar-refractivity contribution is 0.128. The van der Waals surface area contributed by atoms with Gasteiger partial charge in [-0.2, -0.15) is 0 Å². The van der Waals surface area contributed by atoms with Gasteiger partial charge in [-0.15, -0.1) is 0 Å². The Morgan fingerprint density at radius 1 is 1.38 bits per heavy atom. The monoisotopic (exact) mass is 220 g/mol. The number of nitrogen functional groups attached to an aromatic ring is 1. The Kier molecular flexibility index (Phi) is 3.67. The van der Waals surface area contributed by atoms with Gasteiger partial charge in [0.05, 0.1) is 6.10 Å². The molecule has 1 aliphatic heterocycles. The summed E-state index contributed by atoms with van der Waals surface area (Å²) in [6.45, 7) is 4.36. The van der Waals surface area contributed by atoms with Crippen molar-refractivity contribution in [1.82, 2.24) is 5.32 Å². The molecule has 0 radical (unpaired) electrons. The highest BCUT2D eigenvalue weighted by Gasteiger charge is 2.21. The molecule has 3 heteroatoms. The summed E-state index contributed by atoms with van der Waals surface area (Å²) in [5, 5.41) is 3.37. The number of piperidine rings is 1. The smallest absolute Gasteiger partial charge is 0.121 e. The van der Waals surface area contributed by atoms with Crippen molar-refractivity contribution in [1.29, 1.82) is 0 Å². The van der Waals surface area contributed by atoms with Crippen LogP contribution in [0.3, 0.4) is 0 Å². The summed E-state index contributed by atoms with van der Waals surface area (Å²) >= 11 is 0. The highest BCUT2D eigenvalue weighted by Crippen LogP contribution is 2.22. The topological polar surface area (TPSA) is 47.3 Å². The first-order chi connectivity index (χ1) is 7.75. The molecule has 0 bridgehead atoms. The van der Waals surface area contributed by atoms with Gasteiger partial charge in [-0.25, -0.2) is 0 Å². The van der Waals surface area contributed by atoms with E-state index >= 15 is 0 Å². The Morgan fingerprint density at radius 3 is 2.81 bits per heavy atom. The summed E-state index contributed by atoms with van der Waals surface area (Å²) in [6.07, 6.45) is 2.66. The minimum atomic E-state index is 0.267. The van der Waals surface area contributed by atoms with Crippen LogP contribution in [-0.2, 0) is 0 Å². The molecule has 3 nitrogen and oxygen atoms in total. The van der Waals surface area contributed by atoms with Gasteiger partial charge in [0.2, 0.25) is 0 Å². The summed E-state index contributed by atoms with van der Waals surface area (Å²) in [4.78, 5) is 0. The number of hydrogen-bond donors (Lipinski definition) is 2. The molecule has 0 aromatic heterocycles. The molecule has 0 amide bonds. The fourth-order valence-electron chi connectivity index (χ4n) is 2.21. The molecule has 1 atom stereocenters. The van der Waals surface area contributed by atoms with Crippen LogP contribution in [0.5, 0.6) is 5.75 Å².